The highest BCUT2D eigenvalue weighted by Crippen LogP contribution is 2.25. The second-order valence-electron chi connectivity index (χ2n) is 6.49. The van der Waals surface area contributed by atoms with E-state index in [1.54, 1.807) is 31.6 Å². The van der Waals surface area contributed by atoms with Crippen molar-refractivity contribution in [3.05, 3.63) is 84.1 Å². The monoisotopic (exact) mass is 385 g/mol. The lowest BCUT2D eigenvalue weighted by Gasteiger charge is -2.24. The number of hydrogen-bond donors (Lipinski definition) is 1. The van der Waals surface area contributed by atoms with Gasteiger partial charge >= 0.3 is 0 Å². The van der Waals surface area contributed by atoms with Gasteiger partial charge in [0.15, 0.2) is 11.5 Å². The first kappa shape index (κ1) is 19.9. The fourth-order valence-electron chi connectivity index (χ4n) is 2.98. The minimum atomic E-state index is -0.742. The first-order valence-electron chi connectivity index (χ1n) is 9.07. The van der Waals surface area contributed by atoms with Crippen LogP contribution in [0.1, 0.15) is 11.3 Å². The van der Waals surface area contributed by atoms with Crippen molar-refractivity contribution in [2.45, 2.75) is 19.2 Å². The smallest absolute Gasteiger partial charge is 0.161 e. The zero-order chi connectivity index (χ0) is 19.8. The van der Waals surface area contributed by atoms with Crippen molar-refractivity contribution in [2.75, 3.05) is 20.3 Å². The van der Waals surface area contributed by atoms with Gasteiger partial charge in [-0.15, -0.1) is 0 Å². The Balaban J connectivity index is 1.62. The zero-order valence-corrected chi connectivity index (χ0v) is 15.8. The summed E-state index contributed by atoms with van der Waals surface area (Å²) in [7, 11) is 1.57. The number of halogens is 1. The van der Waals surface area contributed by atoms with Crippen LogP contribution >= 0.6 is 0 Å². The molecular weight excluding hydrogens is 361 g/mol. The molecular formula is C22H24FNO4. The molecule has 0 saturated carbocycles. The van der Waals surface area contributed by atoms with Crippen LogP contribution in [-0.4, -0.2) is 36.4 Å². The molecule has 5 nitrogen and oxygen atoms in total. The van der Waals surface area contributed by atoms with Crippen LogP contribution in [0.5, 0.6) is 11.5 Å². The van der Waals surface area contributed by atoms with Crippen LogP contribution in [0.25, 0.3) is 0 Å². The fourth-order valence-corrected chi connectivity index (χ4v) is 2.98. The number of aliphatic hydroxyl groups is 1. The van der Waals surface area contributed by atoms with Crippen LogP contribution in [0.15, 0.2) is 71.3 Å². The molecule has 0 fully saturated rings. The van der Waals surface area contributed by atoms with Gasteiger partial charge in [0.05, 0.1) is 19.9 Å². The molecule has 148 valence electrons. The van der Waals surface area contributed by atoms with Gasteiger partial charge in [-0.1, -0.05) is 24.3 Å². The Bertz CT molecular complexity index is 853. The van der Waals surface area contributed by atoms with E-state index in [9.17, 15) is 9.50 Å². The molecule has 3 aromatic rings. The maximum absolute atomic E-state index is 13.5. The molecule has 3 rings (SSSR count). The molecule has 0 unspecified atom stereocenters. The van der Waals surface area contributed by atoms with Crippen molar-refractivity contribution in [3.63, 3.8) is 0 Å². The third-order valence-electron chi connectivity index (χ3n) is 4.22. The average Bonchev–Trinajstić information content (AvgIpc) is 3.19. The summed E-state index contributed by atoms with van der Waals surface area (Å²) >= 11 is 0. The molecule has 0 amide bonds. The van der Waals surface area contributed by atoms with E-state index in [1.165, 1.54) is 12.1 Å². The van der Waals surface area contributed by atoms with E-state index in [0.29, 0.717) is 31.1 Å². The highest BCUT2D eigenvalue weighted by molar-refractivity contribution is 5.39. The topological polar surface area (TPSA) is 55.1 Å². The Morgan fingerprint density at radius 3 is 2.57 bits per heavy atom. The molecule has 0 saturated heterocycles. The lowest BCUT2D eigenvalue weighted by Crippen LogP contribution is -2.35. The van der Waals surface area contributed by atoms with Crippen LogP contribution in [0.4, 0.5) is 4.39 Å². The molecule has 0 aliphatic heterocycles. The Labute approximate surface area is 163 Å². The molecule has 1 heterocycles. The summed E-state index contributed by atoms with van der Waals surface area (Å²) in [5, 5.41) is 10.5. The Hall–Kier alpha value is -2.83. The van der Waals surface area contributed by atoms with Gasteiger partial charge in [-0.3, -0.25) is 4.90 Å². The van der Waals surface area contributed by atoms with Crippen molar-refractivity contribution in [1.29, 1.82) is 0 Å². The fraction of sp³-hybridized carbons (Fsp3) is 0.273. The van der Waals surface area contributed by atoms with Crippen molar-refractivity contribution < 1.29 is 23.4 Å². The maximum Gasteiger partial charge on any atom is 0.161 e. The molecule has 2 aromatic carbocycles. The molecule has 0 radical (unpaired) electrons. The predicted octanol–water partition coefficient (Wildman–Crippen LogP) is 3.87. The van der Waals surface area contributed by atoms with Gasteiger partial charge in [0, 0.05) is 13.1 Å². The largest absolute Gasteiger partial charge is 0.493 e. The van der Waals surface area contributed by atoms with Gasteiger partial charge in [-0.05, 0) is 42.0 Å². The molecule has 28 heavy (non-hydrogen) atoms. The number of rotatable bonds is 10. The lowest BCUT2D eigenvalue weighted by atomic mass is 10.2. The Morgan fingerprint density at radius 1 is 1.04 bits per heavy atom. The number of para-hydroxylation sites is 2. The molecule has 0 aliphatic rings. The van der Waals surface area contributed by atoms with Gasteiger partial charge in [0.2, 0.25) is 0 Å². The van der Waals surface area contributed by atoms with E-state index in [2.05, 4.69) is 0 Å². The highest BCUT2D eigenvalue weighted by atomic mass is 19.1. The first-order chi connectivity index (χ1) is 13.6. The average molecular weight is 385 g/mol. The number of methoxy groups -OCH3 is 1. The summed E-state index contributed by atoms with van der Waals surface area (Å²) < 4.78 is 29.9. The van der Waals surface area contributed by atoms with E-state index in [1.807, 2.05) is 35.2 Å². The van der Waals surface area contributed by atoms with Gasteiger partial charge in [0.1, 0.15) is 24.3 Å². The predicted molar refractivity (Wildman–Crippen MR) is 104 cm³/mol. The molecule has 0 spiro atoms. The molecule has 6 heteroatoms. The second kappa shape index (κ2) is 9.92. The third-order valence-corrected chi connectivity index (χ3v) is 4.22. The van der Waals surface area contributed by atoms with E-state index in [0.717, 1.165) is 11.3 Å². The van der Waals surface area contributed by atoms with Crippen LogP contribution in [0, 0.1) is 5.82 Å². The summed E-state index contributed by atoms with van der Waals surface area (Å²) in [6.07, 6.45) is 0.866. The molecule has 1 aromatic heterocycles. The SMILES string of the molecule is COc1ccccc1OC[C@H](O)CN(Cc1cccc(F)c1)Cc1ccco1. The van der Waals surface area contributed by atoms with Gasteiger partial charge in [0.25, 0.3) is 0 Å². The highest BCUT2D eigenvalue weighted by Gasteiger charge is 2.16. The third kappa shape index (κ3) is 5.84. The van der Waals surface area contributed by atoms with Crippen molar-refractivity contribution in [3.8, 4) is 11.5 Å². The van der Waals surface area contributed by atoms with Gasteiger partial charge in [-0.25, -0.2) is 4.39 Å². The van der Waals surface area contributed by atoms with Crippen LogP contribution < -0.4 is 9.47 Å². The number of ether oxygens (including phenoxy) is 2. The lowest BCUT2D eigenvalue weighted by molar-refractivity contribution is 0.0595. The molecule has 1 atom stereocenters. The Kier molecular flexibility index (Phi) is 7.06. The van der Waals surface area contributed by atoms with Crippen molar-refractivity contribution >= 4 is 0 Å². The minimum absolute atomic E-state index is 0.109. The number of aliphatic hydroxyl groups excluding tert-OH is 1. The minimum Gasteiger partial charge on any atom is -0.493 e. The molecule has 0 bridgehead atoms. The van der Waals surface area contributed by atoms with Crippen molar-refractivity contribution in [2.24, 2.45) is 0 Å². The van der Waals surface area contributed by atoms with E-state index < -0.39 is 6.10 Å². The quantitative estimate of drug-likeness (QED) is 0.574. The van der Waals surface area contributed by atoms with Crippen LogP contribution in [-0.2, 0) is 13.1 Å². The standard InChI is InChI=1S/C22H24FNO4/c1-26-21-9-2-3-10-22(21)28-16-19(25)14-24(15-20-8-5-11-27-20)13-17-6-4-7-18(23)12-17/h2-12,19,25H,13-16H2,1H3/t19-/m1/s1. The number of nitrogens with zero attached hydrogens (tertiary/aromatic N) is 1. The molecule has 0 aliphatic carbocycles. The summed E-state index contributed by atoms with van der Waals surface area (Å²) in [5.41, 5.74) is 0.824. The number of benzene rings is 2. The van der Waals surface area contributed by atoms with E-state index in [-0.39, 0.29) is 12.4 Å². The number of furan rings is 1. The summed E-state index contributed by atoms with van der Waals surface area (Å²) in [6.45, 7) is 1.42. The normalized spacial score (nSPS) is 12.1. The summed E-state index contributed by atoms with van der Waals surface area (Å²) in [6, 6.07) is 17.4. The second-order valence-corrected chi connectivity index (χ2v) is 6.49. The van der Waals surface area contributed by atoms with Crippen molar-refractivity contribution in [1.82, 2.24) is 4.90 Å². The molecule has 1 N–H and O–H groups in total. The van der Waals surface area contributed by atoms with E-state index in [4.69, 9.17) is 13.9 Å². The van der Waals surface area contributed by atoms with Gasteiger partial charge < -0.3 is 19.0 Å². The maximum atomic E-state index is 13.5. The first-order valence-corrected chi connectivity index (χ1v) is 9.07. The van der Waals surface area contributed by atoms with E-state index >= 15 is 0 Å². The Morgan fingerprint density at radius 2 is 1.86 bits per heavy atom. The summed E-state index contributed by atoms with van der Waals surface area (Å²) in [4.78, 5) is 1.99. The zero-order valence-electron chi connectivity index (χ0n) is 15.8. The van der Waals surface area contributed by atoms with Gasteiger partial charge in [-0.2, -0.15) is 0 Å². The number of hydrogen-bond acceptors (Lipinski definition) is 5. The summed E-state index contributed by atoms with van der Waals surface area (Å²) in [5.74, 6) is 1.68. The van der Waals surface area contributed by atoms with Crippen LogP contribution in [0.2, 0.25) is 0 Å². The van der Waals surface area contributed by atoms with Crippen LogP contribution in [0.3, 0.4) is 0 Å².